The molecule has 0 aliphatic heterocycles. The summed E-state index contributed by atoms with van der Waals surface area (Å²) in [6.07, 6.45) is 4.65. The molecule has 0 aliphatic carbocycles. The fourth-order valence-corrected chi connectivity index (χ4v) is 1.50. The number of carbonyl (C=O) groups excluding carboxylic acids is 1. The molecule has 2 unspecified atom stereocenters. The van der Waals surface area contributed by atoms with Crippen molar-refractivity contribution in [2.45, 2.75) is 72.4 Å². The normalized spacial score (nSPS) is 15.6. The first-order chi connectivity index (χ1) is 7.29. The summed E-state index contributed by atoms with van der Waals surface area (Å²) in [5.74, 6) is -0.0310. The van der Waals surface area contributed by atoms with E-state index in [1.54, 1.807) is 0 Å². The van der Waals surface area contributed by atoms with Gasteiger partial charge in [-0.05, 0) is 18.8 Å². The van der Waals surface area contributed by atoms with Crippen LogP contribution in [0.5, 0.6) is 0 Å². The first kappa shape index (κ1) is 15.4. The maximum atomic E-state index is 11.8. The lowest BCUT2D eigenvalue weighted by molar-refractivity contribution is -0.125. The first-order valence-electron chi connectivity index (χ1n) is 6.35. The minimum atomic E-state index is -0.430. The molecular weight excluding hydrogens is 200 g/mol. The lowest BCUT2D eigenvalue weighted by Crippen LogP contribution is -2.50. The van der Waals surface area contributed by atoms with E-state index in [2.05, 4.69) is 12.2 Å². The summed E-state index contributed by atoms with van der Waals surface area (Å²) in [7, 11) is 0. The van der Waals surface area contributed by atoms with E-state index in [9.17, 15) is 4.79 Å². The summed E-state index contributed by atoms with van der Waals surface area (Å²) in [6, 6.07) is -0.200. The molecule has 0 heterocycles. The fraction of sp³-hybridized carbons (Fsp3) is 0.923. The summed E-state index contributed by atoms with van der Waals surface area (Å²) in [4.78, 5) is 11.8. The Morgan fingerprint density at radius 1 is 1.31 bits per heavy atom. The molecule has 1 amide bonds. The number of hydrogen-bond acceptors (Lipinski definition) is 2. The summed E-state index contributed by atoms with van der Waals surface area (Å²) < 4.78 is 0. The average molecular weight is 228 g/mol. The van der Waals surface area contributed by atoms with Crippen molar-refractivity contribution >= 4 is 5.91 Å². The Hall–Kier alpha value is -0.570. The van der Waals surface area contributed by atoms with Gasteiger partial charge < -0.3 is 11.1 Å². The van der Waals surface area contributed by atoms with E-state index in [-0.39, 0.29) is 17.4 Å². The third-order valence-electron chi connectivity index (χ3n) is 2.84. The molecular formula is C13H28N2O. The molecule has 0 fully saturated rings. The molecule has 0 radical (unpaired) electrons. The van der Waals surface area contributed by atoms with E-state index in [1.165, 1.54) is 19.3 Å². The summed E-state index contributed by atoms with van der Waals surface area (Å²) in [5.41, 5.74) is 5.71. The summed E-state index contributed by atoms with van der Waals surface area (Å²) in [5, 5.41) is 2.98. The molecule has 0 spiro atoms. The zero-order valence-corrected chi connectivity index (χ0v) is 11.5. The highest BCUT2D eigenvalue weighted by atomic mass is 16.2. The molecule has 3 nitrogen and oxygen atoms in total. The van der Waals surface area contributed by atoms with Crippen LogP contribution < -0.4 is 11.1 Å². The average Bonchev–Trinajstić information content (AvgIpc) is 2.15. The second kappa shape index (κ2) is 6.89. The number of nitrogens with two attached hydrogens (primary N) is 1. The third-order valence-corrected chi connectivity index (χ3v) is 2.84. The maximum Gasteiger partial charge on any atom is 0.237 e. The van der Waals surface area contributed by atoms with Crippen LogP contribution in [0.1, 0.15) is 60.3 Å². The minimum absolute atomic E-state index is 0.0310. The van der Waals surface area contributed by atoms with Gasteiger partial charge in [-0.1, -0.05) is 47.0 Å². The van der Waals surface area contributed by atoms with Gasteiger partial charge in [0, 0.05) is 6.04 Å². The molecule has 2 atom stereocenters. The lowest BCUT2D eigenvalue weighted by atomic mass is 9.87. The predicted molar refractivity (Wildman–Crippen MR) is 69.2 cm³/mol. The molecule has 0 aromatic rings. The number of rotatable bonds is 6. The van der Waals surface area contributed by atoms with Crippen LogP contribution in [0.3, 0.4) is 0 Å². The fourth-order valence-electron chi connectivity index (χ4n) is 1.50. The Labute approximate surface area is 100 Å². The number of nitrogens with one attached hydrogen (secondary N) is 1. The van der Waals surface area contributed by atoms with Crippen LogP contribution >= 0.6 is 0 Å². The van der Waals surface area contributed by atoms with Crippen LogP contribution in [0.2, 0.25) is 0 Å². The van der Waals surface area contributed by atoms with E-state index in [1.807, 2.05) is 27.7 Å². The number of amides is 1. The van der Waals surface area contributed by atoms with Crippen molar-refractivity contribution < 1.29 is 4.79 Å². The predicted octanol–water partition coefficient (Wildman–Crippen LogP) is 2.44. The number of hydrogen-bond donors (Lipinski definition) is 2. The molecule has 0 aromatic carbocycles. The lowest BCUT2D eigenvalue weighted by Gasteiger charge is -2.27. The molecule has 0 bridgehead atoms. The van der Waals surface area contributed by atoms with Crippen LogP contribution in [0.15, 0.2) is 0 Å². The van der Waals surface area contributed by atoms with Gasteiger partial charge in [0.15, 0.2) is 0 Å². The largest absolute Gasteiger partial charge is 0.352 e. The second-order valence-electron chi connectivity index (χ2n) is 5.75. The van der Waals surface area contributed by atoms with E-state index >= 15 is 0 Å². The third kappa shape index (κ3) is 6.11. The maximum absolute atomic E-state index is 11.8. The number of carbonyl (C=O) groups is 1. The SMILES string of the molecule is CCCCCC(C)NC(=O)C(N)C(C)(C)C. The van der Waals surface area contributed by atoms with Gasteiger partial charge in [-0.25, -0.2) is 0 Å². The highest BCUT2D eigenvalue weighted by Crippen LogP contribution is 2.17. The van der Waals surface area contributed by atoms with E-state index < -0.39 is 6.04 Å². The van der Waals surface area contributed by atoms with Crippen LogP contribution in [0.4, 0.5) is 0 Å². The summed E-state index contributed by atoms with van der Waals surface area (Å²) >= 11 is 0. The van der Waals surface area contributed by atoms with E-state index in [0.29, 0.717) is 0 Å². The van der Waals surface area contributed by atoms with Gasteiger partial charge in [-0.3, -0.25) is 4.79 Å². The molecule has 3 N–H and O–H groups in total. The van der Waals surface area contributed by atoms with Crippen LogP contribution in [-0.2, 0) is 4.79 Å². The second-order valence-corrected chi connectivity index (χ2v) is 5.75. The molecule has 0 aromatic heterocycles. The Morgan fingerprint density at radius 3 is 2.31 bits per heavy atom. The van der Waals surface area contributed by atoms with Gasteiger partial charge in [0.1, 0.15) is 0 Å². The molecule has 0 saturated carbocycles. The van der Waals surface area contributed by atoms with Crippen molar-refractivity contribution in [2.24, 2.45) is 11.1 Å². The standard InChI is InChI=1S/C13H28N2O/c1-6-7-8-9-10(2)15-12(16)11(14)13(3,4)5/h10-11H,6-9,14H2,1-5H3,(H,15,16). The van der Waals surface area contributed by atoms with Gasteiger partial charge >= 0.3 is 0 Å². The zero-order valence-electron chi connectivity index (χ0n) is 11.5. The van der Waals surface area contributed by atoms with Crippen molar-refractivity contribution in [2.75, 3.05) is 0 Å². The van der Waals surface area contributed by atoms with Crippen molar-refractivity contribution in [3.05, 3.63) is 0 Å². The Balaban J connectivity index is 3.95. The van der Waals surface area contributed by atoms with Crippen molar-refractivity contribution in [3.63, 3.8) is 0 Å². The number of unbranched alkanes of at least 4 members (excludes halogenated alkanes) is 2. The topological polar surface area (TPSA) is 55.1 Å². The van der Waals surface area contributed by atoms with Gasteiger partial charge in [-0.2, -0.15) is 0 Å². The molecule has 0 rings (SSSR count). The monoisotopic (exact) mass is 228 g/mol. The summed E-state index contributed by atoms with van der Waals surface area (Å²) in [6.45, 7) is 10.2. The minimum Gasteiger partial charge on any atom is -0.352 e. The molecule has 0 saturated heterocycles. The Kier molecular flexibility index (Phi) is 6.65. The zero-order chi connectivity index (χ0) is 12.8. The molecule has 16 heavy (non-hydrogen) atoms. The van der Waals surface area contributed by atoms with Crippen molar-refractivity contribution in [1.82, 2.24) is 5.32 Å². The van der Waals surface area contributed by atoms with Gasteiger partial charge in [0.2, 0.25) is 5.91 Å². The van der Waals surface area contributed by atoms with Crippen LogP contribution in [0.25, 0.3) is 0 Å². The molecule has 3 heteroatoms. The van der Waals surface area contributed by atoms with Gasteiger partial charge in [-0.15, -0.1) is 0 Å². The Bertz CT molecular complexity index is 208. The van der Waals surface area contributed by atoms with Crippen molar-refractivity contribution in [1.29, 1.82) is 0 Å². The quantitative estimate of drug-likeness (QED) is 0.686. The molecule has 0 aliphatic rings. The highest BCUT2D eigenvalue weighted by molar-refractivity contribution is 5.82. The van der Waals surface area contributed by atoms with Crippen molar-refractivity contribution in [3.8, 4) is 0 Å². The first-order valence-corrected chi connectivity index (χ1v) is 6.35. The van der Waals surface area contributed by atoms with Crippen LogP contribution in [0, 0.1) is 5.41 Å². The smallest absolute Gasteiger partial charge is 0.237 e. The van der Waals surface area contributed by atoms with Gasteiger partial charge in [0.25, 0.3) is 0 Å². The van der Waals surface area contributed by atoms with E-state index in [0.717, 1.165) is 6.42 Å². The van der Waals surface area contributed by atoms with Crippen LogP contribution in [-0.4, -0.2) is 18.0 Å². The van der Waals surface area contributed by atoms with Gasteiger partial charge in [0.05, 0.1) is 6.04 Å². The molecule has 96 valence electrons. The van der Waals surface area contributed by atoms with E-state index in [4.69, 9.17) is 5.73 Å². The Morgan fingerprint density at radius 2 is 1.88 bits per heavy atom. The highest BCUT2D eigenvalue weighted by Gasteiger charge is 2.27.